The van der Waals surface area contributed by atoms with Crippen molar-refractivity contribution in [1.29, 1.82) is 0 Å². The zero-order chi connectivity index (χ0) is 7.56. The Bertz CT molecular complexity index is 133. The van der Waals surface area contributed by atoms with E-state index in [4.69, 9.17) is 11.6 Å². The van der Waals surface area contributed by atoms with Gasteiger partial charge in [-0.15, -0.1) is 0 Å². The van der Waals surface area contributed by atoms with Gasteiger partial charge in [-0.05, 0) is 30.4 Å². The van der Waals surface area contributed by atoms with Crippen LogP contribution in [-0.4, -0.2) is 5.24 Å². The molecule has 0 heterocycles. The minimum atomic E-state index is -0.132. The Morgan fingerprint density at radius 2 is 2.00 bits per heavy atom. The lowest BCUT2D eigenvalue weighted by molar-refractivity contribution is -0.117. The fourth-order valence-corrected chi connectivity index (χ4v) is 1.98. The monoisotopic (exact) mass is 160 g/mol. The van der Waals surface area contributed by atoms with Crippen molar-refractivity contribution < 1.29 is 4.79 Å². The quantitative estimate of drug-likeness (QED) is 0.539. The van der Waals surface area contributed by atoms with E-state index in [1.807, 2.05) is 0 Å². The molecule has 58 valence electrons. The SMILES string of the molecule is C[C@H]1CCCC[C@@H]1C(=O)Cl. The molecule has 0 N–H and O–H groups in total. The molecule has 0 amide bonds. The first-order chi connectivity index (χ1) is 4.72. The van der Waals surface area contributed by atoms with Crippen LogP contribution in [0.25, 0.3) is 0 Å². The van der Waals surface area contributed by atoms with Crippen molar-refractivity contribution in [3.63, 3.8) is 0 Å². The van der Waals surface area contributed by atoms with E-state index in [1.165, 1.54) is 19.3 Å². The van der Waals surface area contributed by atoms with Crippen molar-refractivity contribution in [1.82, 2.24) is 0 Å². The van der Waals surface area contributed by atoms with Crippen LogP contribution in [0.3, 0.4) is 0 Å². The summed E-state index contributed by atoms with van der Waals surface area (Å²) >= 11 is 5.41. The fraction of sp³-hybridized carbons (Fsp3) is 0.875. The minimum absolute atomic E-state index is 0.132. The third kappa shape index (κ3) is 1.72. The maximum absolute atomic E-state index is 10.8. The number of rotatable bonds is 1. The second kappa shape index (κ2) is 3.38. The molecule has 0 aliphatic heterocycles. The zero-order valence-corrected chi connectivity index (χ0v) is 7.03. The van der Waals surface area contributed by atoms with Crippen LogP contribution in [0.1, 0.15) is 32.6 Å². The van der Waals surface area contributed by atoms with Gasteiger partial charge < -0.3 is 0 Å². The first kappa shape index (κ1) is 8.06. The average molecular weight is 161 g/mol. The Morgan fingerprint density at radius 1 is 1.40 bits per heavy atom. The van der Waals surface area contributed by atoms with E-state index >= 15 is 0 Å². The number of carbonyl (C=O) groups excluding carboxylic acids is 1. The van der Waals surface area contributed by atoms with Crippen molar-refractivity contribution in [2.45, 2.75) is 32.6 Å². The Morgan fingerprint density at radius 3 is 2.40 bits per heavy atom. The summed E-state index contributed by atoms with van der Waals surface area (Å²) in [7, 11) is 0. The maximum Gasteiger partial charge on any atom is 0.224 e. The van der Waals surface area contributed by atoms with Gasteiger partial charge in [-0.3, -0.25) is 4.79 Å². The van der Waals surface area contributed by atoms with Crippen molar-refractivity contribution in [2.24, 2.45) is 11.8 Å². The Hall–Kier alpha value is -0.0400. The van der Waals surface area contributed by atoms with Gasteiger partial charge in [-0.1, -0.05) is 19.8 Å². The van der Waals surface area contributed by atoms with E-state index in [2.05, 4.69) is 6.92 Å². The van der Waals surface area contributed by atoms with Crippen molar-refractivity contribution in [3.05, 3.63) is 0 Å². The molecule has 0 spiro atoms. The van der Waals surface area contributed by atoms with Crippen LogP contribution in [0.5, 0.6) is 0 Å². The van der Waals surface area contributed by atoms with Gasteiger partial charge in [-0.2, -0.15) is 0 Å². The maximum atomic E-state index is 10.8. The van der Waals surface area contributed by atoms with Gasteiger partial charge >= 0.3 is 0 Å². The lowest BCUT2D eigenvalue weighted by Crippen LogP contribution is -2.21. The summed E-state index contributed by atoms with van der Waals surface area (Å²) < 4.78 is 0. The zero-order valence-electron chi connectivity index (χ0n) is 6.27. The molecule has 1 nitrogen and oxygen atoms in total. The highest BCUT2D eigenvalue weighted by atomic mass is 35.5. The highest BCUT2D eigenvalue weighted by Crippen LogP contribution is 2.30. The lowest BCUT2D eigenvalue weighted by Gasteiger charge is -2.24. The smallest absolute Gasteiger partial charge is 0.224 e. The molecule has 2 atom stereocenters. The second-order valence-electron chi connectivity index (χ2n) is 3.17. The predicted molar refractivity (Wildman–Crippen MR) is 42.0 cm³/mol. The van der Waals surface area contributed by atoms with Gasteiger partial charge in [-0.25, -0.2) is 0 Å². The normalized spacial score (nSPS) is 33.8. The molecule has 0 saturated heterocycles. The van der Waals surface area contributed by atoms with Gasteiger partial charge in [0, 0.05) is 5.92 Å². The summed E-state index contributed by atoms with van der Waals surface area (Å²) in [6, 6.07) is 0. The summed E-state index contributed by atoms with van der Waals surface area (Å²) in [6.07, 6.45) is 4.61. The predicted octanol–water partition coefficient (Wildman–Crippen LogP) is 2.58. The van der Waals surface area contributed by atoms with Gasteiger partial charge in [0.15, 0.2) is 0 Å². The van der Waals surface area contributed by atoms with Crippen LogP contribution >= 0.6 is 11.6 Å². The molecule has 10 heavy (non-hydrogen) atoms. The van der Waals surface area contributed by atoms with E-state index in [0.717, 1.165) is 6.42 Å². The van der Waals surface area contributed by atoms with E-state index < -0.39 is 0 Å². The molecule has 1 fully saturated rings. The van der Waals surface area contributed by atoms with Crippen LogP contribution in [0, 0.1) is 11.8 Å². The van der Waals surface area contributed by atoms with Crippen molar-refractivity contribution in [2.75, 3.05) is 0 Å². The average Bonchev–Trinajstić information content (AvgIpc) is 1.88. The molecule has 0 unspecified atom stereocenters. The number of halogens is 1. The summed E-state index contributed by atoms with van der Waals surface area (Å²) in [6.45, 7) is 2.12. The minimum Gasteiger partial charge on any atom is -0.281 e. The Kier molecular flexibility index (Phi) is 2.72. The second-order valence-corrected chi connectivity index (χ2v) is 3.54. The third-order valence-electron chi connectivity index (χ3n) is 2.40. The third-order valence-corrected chi connectivity index (χ3v) is 2.68. The molecule has 1 rings (SSSR count). The van der Waals surface area contributed by atoms with Gasteiger partial charge in [0.1, 0.15) is 0 Å². The van der Waals surface area contributed by atoms with Gasteiger partial charge in [0.05, 0.1) is 0 Å². The Labute approximate surface area is 66.8 Å². The largest absolute Gasteiger partial charge is 0.281 e. The molecule has 2 heteroatoms. The fourth-order valence-electron chi connectivity index (χ4n) is 1.65. The van der Waals surface area contributed by atoms with Crippen LogP contribution in [0.4, 0.5) is 0 Å². The molecule has 0 aromatic carbocycles. The highest BCUT2D eigenvalue weighted by Gasteiger charge is 2.25. The first-order valence-corrected chi connectivity index (χ1v) is 4.29. The van der Waals surface area contributed by atoms with Crippen molar-refractivity contribution in [3.8, 4) is 0 Å². The lowest BCUT2D eigenvalue weighted by atomic mass is 9.81. The standard InChI is InChI=1S/C8H13ClO/c1-6-4-2-3-5-7(6)8(9)10/h6-7H,2-5H2,1H3/t6-,7-/m0/s1. The van der Waals surface area contributed by atoms with Crippen LogP contribution in [0.2, 0.25) is 0 Å². The van der Waals surface area contributed by atoms with Crippen LogP contribution in [0.15, 0.2) is 0 Å². The summed E-state index contributed by atoms with van der Waals surface area (Å²) in [5.41, 5.74) is 0. The molecule has 1 aliphatic rings. The summed E-state index contributed by atoms with van der Waals surface area (Å²) in [4.78, 5) is 10.8. The summed E-state index contributed by atoms with van der Waals surface area (Å²) in [5.74, 6) is 0.661. The van der Waals surface area contributed by atoms with E-state index in [1.54, 1.807) is 0 Å². The number of hydrogen-bond acceptors (Lipinski definition) is 1. The van der Waals surface area contributed by atoms with Gasteiger partial charge in [0.2, 0.25) is 5.24 Å². The van der Waals surface area contributed by atoms with E-state index in [9.17, 15) is 4.79 Å². The topological polar surface area (TPSA) is 17.1 Å². The number of carbonyl (C=O) groups is 1. The highest BCUT2D eigenvalue weighted by molar-refractivity contribution is 6.64. The molecule has 1 saturated carbocycles. The molecular formula is C8H13ClO. The molecule has 1 aliphatic carbocycles. The van der Waals surface area contributed by atoms with Crippen LogP contribution in [-0.2, 0) is 4.79 Å². The molecular weight excluding hydrogens is 148 g/mol. The van der Waals surface area contributed by atoms with Crippen LogP contribution < -0.4 is 0 Å². The van der Waals surface area contributed by atoms with E-state index in [0.29, 0.717) is 5.92 Å². The molecule has 0 bridgehead atoms. The molecule has 0 aromatic heterocycles. The van der Waals surface area contributed by atoms with E-state index in [-0.39, 0.29) is 11.2 Å². The summed E-state index contributed by atoms with van der Waals surface area (Å²) in [5, 5.41) is -0.132. The molecule has 0 radical (unpaired) electrons. The van der Waals surface area contributed by atoms with Crippen molar-refractivity contribution >= 4 is 16.8 Å². The first-order valence-electron chi connectivity index (χ1n) is 3.91. The van der Waals surface area contributed by atoms with Gasteiger partial charge in [0.25, 0.3) is 0 Å². The molecule has 0 aromatic rings. The number of hydrogen-bond donors (Lipinski definition) is 0. The Balaban J connectivity index is 2.47.